The molecule has 19 heavy (non-hydrogen) atoms. The van der Waals surface area contributed by atoms with Crippen LogP contribution in [0.4, 0.5) is 4.79 Å². The summed E-state index contributed by atoms with van der Waals surface area (Å²) in [6.45, 7) is 1.21. The lowest BCUT2D eigenvalue weighted by molar-refractivity contribution is -0.119. The fourth-order valence-electron chi connectivity index (χ4n) is 1.31. The number of carbonyl (C=O) groups excluding carboxylic acids is 3. The van der Waals surface area contributed by atoms with Crippen molar-refractivity contribution >= 4 is 29.8 Å². The first-order valence-corrected chi connectivity index (χ1v) is 5.86. The Morgan fingerprint density at radius 2 is 2.00 bits per heavy atom. The molecule has 0 unspecified atom stereocenters. The van der Waals surface area contributed by atoms with Gasteiger partial charge in [-0.15, -0.1) is 0 Å². The molecule has 0 fully saturated rings. The number of hydrogen-bond donors (Lipinski definition) is 3. The van der Waals surface area contributed by atoms with E-state index in [9.17, 15) is 14.4 Å². The number of carbonyl (C=O) groups is 3. The average molecular weight is 285 g/mol. The van der Waals surface area contributed by atoms with E-state index in [1.165, 1.54) is 6.92 Å². The summed E-state index contributed by atoms with van der Waals surface area (Å²) < 4.78 is 7.58. The molecule has 0 aromatic heterocycles. The molecule has 0 aliphatic carbocycles. The molecule has 0 bridgehead atoms. The molecule has 0 aliphatic rings. The Morgan fingerprint density at radius 1 is 1.37 bits per heavy atom. The molecule has 1 rings (SSSR count). The molecule has 1 aromatic carbocycles. The van der Waals surface area contributed by atoms with E-state index in [0.29, 0.717) is 16.6 Å². The molecule has 1 atom stereocenters. The molecule has 0 saturated carbocycles. The minimum atomic E-state index is -0.968. The van der Waals surface area contributed by atoms with Crippen LogP contribution in [0.1, 0.15) is 12.5 Å². The van der Waals surface area contributed by atoms with Crippen LogP contribution in [-0.2, 0) is 16.0 Å². The van der Waals surface area contributed by atoms with E-state index in [1.807, 2.05) is 10.9 Å². The second-order valence-corrected chi connectivity index (χ2v) is 4.21. The molecule has 6 nitrogen and oxygen atoms in total. The molecular weight excluding hydrogens is 270 g/mol. The van der Waals surface area contributed by atoms with Crippen molar-refractivity contribution in [1.29, 1.82) is 0 Å². The minimum absolute atomic E-state index is 0.178. The van der Waals surface area contributed by atoms with E-state index in [1.54, 1.807) is 24.3 Å². The van der Waals surface area contributed by atoms with Gasteiger partial charge in [0.1, 0.15) is 6.29 Å². The van der Waals surface area contributed by atoms with E-state index in [2.05, 4.69) is 0 Å². The van der Waals surface area contributed by atoms with Gasteiger partial charge in [-0.2, -0.15) is 0 Å². The average Bonchev–Trinajstić information content (AvgIpc) is 2.43. The maximum atomic E-state index is 11.5. The molecule has 0 saturated heterocycles. The number of hydrazine groups is 1. The zero-order valence-electron chi connectivity index (χ0n) is 11.2. The van der Waals surface area contributed by atoms with Crippen molar-refractivity contribution in [2.45, 2.75) is 19.4 Å². The standard InChI is InChI=1S/C12H14ClN3O3/c1-8(18)15-16-12(19)14-11(7-17)6-9-2-4-10(13)5-3-9/h2-5,7,11H,6H2,1H3,(H,15,18)(H2,14,16,19)/t11-/m0/s1/i/hD. The lowest BCUT2D eigenvalue weighted by Gasteiger charge is -2.13. The summed E-state index contributed by atoms with van der Waals surface area (Å²) in [5.74, 6) is -0.480. The van der Waals surface area contributed by atoms with Crippen molar-refractivity contribution in [3.05, 3.63) is 34.9 Å². The molecule has 0 spiro atoms. The van der Waals surface area contributed by atoms with Gasteiger partial charge in [-0.25, -0.2) is 10.2 Å². The van der Waals surface area contributed by atoms with E-state index in [-0.39, 0.29) is 6.42 Å². The monoisotopic (exact) mass is 284 g/mol. The second kappa shape index (κ2) is 7.38. The summed E-state index contributed by atoms with van der Waals surface area (Å²) in [5, 5.41) is 1.03. The molecule has 0 radical (unpaired) electrons. The summed E-state index contributed by atoms with van der Waals surface area (Å²) in [4.78, 5) is 33.2. The maximum absolute atomic E-state index is 11.5. The summed E-state index contributed by atoms with van der Waals surface area (Å²) in [6, 6.07) is 4.86. The van der Waals surface area contributed by atoms with Crippen LogP contribution in [-0.4, -0.2) is 24.3 Å². The van der Waals surface area contributed by atoms with Gasteiger partial charge in [0.05, 0.1) is 6.04 Å². The smallest absolute Gasteiger partial charge is 0.327 e. The van der Waals surface area contributed by atoms with Gasteiger partial charge in [0.25, 0.3) is 0 Å². The molecule has 102 valence electrons. The van der Waals surface area contributed by atoms with Crippen LogP contribution in [0, 0.1) is 0 Å². The Labute approximate surface area is 116 Å². The number of nitrogens with one attached hydrogen (secondary N) is 3. The first kappa shape index (κ1) is 13.4. The molecule has 0 heterocycles. The van der Waals surface area contributed by atoms with Gasteiger partial charge in [-0.3, -0.25) is 10.2 Å². The number of rotatable bonds is 4. The molecule has 7 heteroatoms. The van der Waals surface area contributed by atoms with Crippen LogP contribution < -0.4 is 16.2 Å². The molecule has 1 aromatic rings. The molecule has 0 aliphatic heterocycles. The van der Waals surface area contributed by atoms with E-state index in [4.69, 9.17) is 13.0 Å². The Balaban J connectivity index is 2.64. The fraction of sp³-hybridized carbons (Fsp3) is 0.250. The first-order valence-electron chi connectivity index (χ1n) is 5.93. The van der Waals surface area contributed by atoms with E-state index < -0.39 is 18.0 Å². The first-order chi connectivity index (χ1) is 9.43. The van der Waals surface area contributed by atoms with Gasteiger partial charge >= 0.3 is 6.03 Å². The van der Waals surface area contributed by atoms with Gasteiger partial charge in [-0.05, 0) is 24.1 Å². The summed E-state index contributed by atoms with van der Waals surface area (Å²) >= 11 is 5.74. The predicted octanol–water partition coefficient (Wildman–Crippen LogP) is 0.800. The number of hydrogen-bond acceptors (Lipinski definition) is 3. The Morgan fingerprint density at radius 3 is 2.53 bits per heavy atom. The number of aldehydes is 1. The SMILES string of the molecule is [2H]N(C(=O)NNC(C)=O)[C@H](C=O)Cc1ccc(Cl)cc1. The highest BCUT2D eigenvalue weighted by Crippen LogP contribution is 2.10. The highest BCUT2D eigenvalue weighted by Gasteiger charge is 2.12. The van der Waals surface area contributed by atoms with Crippen LogP contribution >= 0.6 is 11.6 Å². The van der Waals surface area contributed by atoms with Crippen molar-refractivity contribution in [2.75, 3.05) is 0 Å². The maximum Gasteiger partial charge on any atom is 0.334 e. The Bertz CT molecular complexity index is 495. The van der Waals surface area contributed by atoms with Gasteiger partial charge in [0.2, 0.25) is 5.91 Å². The molecular formula is C12H14ClN3O3. The lowest BCUT2D eigenvalue weighted by Crippen LogP contribution is -2.50. The van der Waals surface area contributed by atoms with Crippen LogP contribution in [0.5, 0.6) is 0 Å². The predicted molar refractivity (Wildman–Crippen MR) is 70.5 cm³/mol. The normalized spacial score (nSPS) is 12.0. The van der Waals surface area contributed by atoms with Crippen molar-refractivity contribution in [2.24, 2.45) is 0 Å². The summed E-state index contributed by atoms with van der Waals surface area (Å²) in [5.41, 5.74) is 4.81. The zero-order chi connectivity index (χ0) is 15.1. The fourth-order valence-corrected chi connectivity index (χ4v) is 1.44. The topological polar surface area (TPSA) is 87.3 Å². The third kappa shape index (κ3) is 5.87. The van der Waals surface area contributed by atoms with Crippen LogP contribution in [0.15, 0.2) is 24.3 Å². The van der Waals surface area contributed by atoms with Crippen molar-refractivity contribution < 1.29 is 15.8 Å². The quantitative estimate of drug-likeness (QED) is 0.564. The zero-order valence-corrected chi connectivity index (χ0v) is 11.0. The van der Waals surface area contributed by atoms with E-state index >= 15 is 0 Å². The third-order valence-electron chi connectivity index (χ3n) is 2.14. The van der Waals surface area contributed by atoms with Gasteiger partial charge in [-0.1, -0.05) is 23.7 Å². The lowest BCUT2D eigenvalue weighted by atomic mass is 10.1. The van der Waals surface area contributed by atoms with Crippen molar-refractivity contribution in [3.8, 4) is 0 Å². The number of amides is 3. The molecule has 3 N–H and O–H groups in total. The number of halogens is 1. The second-order valence-electron chi connectivity index (χ2n) is 3.77. The van der Waals surface area contributed by atoms with Crippen molar-refractivity contribution in [1.82, 2.24) is 16.2 Å². The summed E-state index contributed by atoms with van der Waals surface area (Å²) in [7, 11) is 0. The van der Waals surface area contributed by atoms with E-state index in [0.717, 1.165) is 5.56 Å². The van der Waals surface area contributed by atoms with Gasteiger partial charge in [0.15, 0.2) is 1.41 Å². The largest absolute Gasteiger partial charge is 0.334 e. The number of urea groups is 1. The van der Waals surface area contributed by atoms with Crippen LogP contribution in [0.2, 0.25) is 6.43 Å². The van der Waals surface area contributed by atoms with Crippen molar-refractivity contribution in [3.63, 3.8) is 0 Å². The highest BCUT2D eigenvalue weighted by molar-refractivity contribution is 6.30. The Hall–Kier alpha value is -2.08. The third-order valence-corrected chi connectivity index (χ3v) is 2.40. The van der Waals surface area contributed by atoms with Gasteiger partial charge < -0.3 is 10.1 Å². The molecule has 3 amide bonds. The van der Waals surface area contributed by atoms with Crippen LogP contribution in [0.25, 0.3) is 0 Å². The summed E-state index contributed by atoms with van der Waals surface area (Å²) in [6.07, 6.45) is 0.673. The highest BCUT2D eigenvalue weighted by atomic mass is 35.5. The van der Waals surface area contributed by atoms with Gasteiger partial charge in [0, 0.05) is 11.9 Å². The minimum Gasteiger partial charge on any atom is -0.327 e. The Kier molecular flexibility index (Phi) is 5.18. The van der Waals surface area contributed by atoms with Crippen LogP contribution in [0.3, 0.4) is 0 Å². The number of benzene rings is 1.